The molecule has 2 heterocycles. The fourth-order valence-electron chi connectivity index (χ4n) is 2.50. The lowest BCUT2D eigenvalue weighted by molar-refractivity contribution is 0.190. The van der Waals surface area contributed by atoms with Crippen LogP contribution in [0.15, 0.2) is 6.07 Å². The molecule has 1 aromatic rings. The zero-order valence-electron chi connectivity index (χ0n) is 12.0. The number of aromatic nitrogens is 2. The normalized spacial score (nSPS) is 24.4. The van der Waals surface area contributed by atoms with Crippen molar-refractivity contribution in [3.05, 3.63) is 17.0 Å². The molecule has 1 fully saturated rings. The van der Waals surface area contributed by atoms with Crippen LogP contribution in [0.3, 0.4) is 0 Å². The predicted octanol–water partition coefficient (Wildman–Crippen LogP) is 2.98. The fourth-order valence-corrected chi connectivity index (χ4v) is 2.70. The van der Waals surface area contributed by atoms with Crippen LogP contribution in [0.2, 0.25) is 5.15 Å². The van der Waals surface area contributed by atoms with Gasteiger partial charge in [-0.2, -0.15) is 0 Å². The molecule has 1 N–H and O–H groups in total. The first-order valence-corrected chi connectivity index (χ1v) is 7.46. The molecule has 1 saturated heterocycles. The van der Waals surface area contributed by atoms with Crippen molar-refractivity contribution in [2.75, 3.05) is 18.9 Å². The number of anilines is 1. The summed E-state index contributed by atoms with van der Waals surface area (Å²) in [5, 5.41) is 4.04. The molecule has 0 aliphatic carbocycles. The molecule has 0 radical (unpaired) electrons. The number of halogens is 1. The van der Waals surface area contributed by atoms with Crippen molar-refractivity contribution in [1.82, 2.24) is 14.9 Å². The van der Waals surface area contributed by atoms with Crippen LogP contribution in [0.1, 0.15) is 38.9 Å². The SMILES string of the molecule is CCCc1nc(Cl)cc(NC2CCN(C)C(C)C2)n1. The first-order valence-electron chi connectivity index (χ1n) is 7.08. The summed E-state index contributed by atoms with van der Waals surface area (Å²) in [5.74, 6) is 1.70. The number of likely N-dealkylation sites (tertiary alicyclic amines) is 1. The van der Waals surface area contributed by atoms with E-state index in [-0.39, 0.29) is 0 Å². The number of piperidine rings is 1. The average molecular weight is 283 g/mol. The number of nitrogens with zero attached hydrogens (tertiary/aromatic N) is 3. The second kappa shape index (κ2) is 6.53. The van der Waals surface area contributed by atoms with Crippen molar-refractivity contribution in [2.45, 2.75) is 51.6 Å². The zero-order chi connectivity index (χ0) is 13.8. The number of rotatable bonds is 4. The Morgan fingerprint density at radius 2 is 2.26 bits per heavy atom. The van der Waals surface area contributed by atoms with E-state index in [1.165, 1.54) is 0 Å². The van der Waals surface area contributed by atoms with Crippen molar-refractivity contribution >= 4 is 17.4 Å². The van der Waals surface area contributed by atoms with Crippen molar-refractivity contribution in [1.29, 1.82) is 0 Å². The van der Waals surface area contributed by atoms with Crippen LogP contribution >= 0.6 is 11.6 Å². The smallest absolute Gasteiger partial charge is 0.134 e. The molecule has 0 amide bonds. The number of nitrogens with one attached hydrogen (secondary N) is 1. The Hall–Kier alpha value is -0.870. The van der Waals surface area contributed by atoms with Crippen molar-refractivity contribution in [2.24, 2.45) is 0 Å². The molecular weight excluding hydrogens is 260 g/mol. The molecule has 2 atom stereocenters. The third-order valence-electron chi connectivity index (χ3n) is 3.78. The molecular formula is C14H23ClN4. The van der Waals surface area contributed by atoms with E-state index in [9.17, 15) is 0 Å². The number of hydrogen-bond acceptors (Lipinski definition) is 4. The first-order chi connectivity index (χ1) is 9.08. The van der Waals surface area contributed by atoms with Gasteiger partial charge in [0, 0.05) is 31.1 Å². The summed E-state index contributed by atoms with van der Waals surface area (Å²) in [5.41, 5.74) is 0. The largest absolute Gasteiger partial charge is 0.367 e. The van der Waals surface area contributed by atoms with Crippen LogP contribution in [-0.2, 0) is 6.42 Å². The number of aryl methyl sites for hydroxylation is 1. The lowest BCUT2D eigenvalue weighted by Gasteiger charge is -2.35. The summed E-state index contributed by atoms with van der Waals surface area (Å²) >= 11 is 6.06. The molecule has 0 aromatic carbocycles. The van der Waals surface area contributed by atoms with Crippen LogP contribution in [0.4, 0.5) is 5.82 Å². The molecule has 0 spiro atoms. The molecule has 1 aliphatic rings. The van der Waals surface area contributed by atoms with Gasteiger partial charge in [0.25, 0.3) is 0 Å². The highest BCUT2D eigenvalue weighted by Gasteiger charge is 2.22. The fraction of sp³-hybridized carbons (Fsp3) is 0.714. The average Bonchev–Trinajstić information content (AvgIpc) is 2.33. The summed E-state index contributed by atoms with van der Waals surface area (Å²) < 4.78 is 0. The molecule has 0 bridgehead atoms. The van der Waals surface area contributed by atoms with Gasteiger partial charge in [0.15, 0.2) is 0 Å². The van der Waals surface area contributed by atoms with E-state index in [4.69, 9.17) is 11.6 Å². The summed E-state index contributed by atoms with van der Waals surface area (Å²) in [7, 11) is 2.18. The van der Waals surface area contributed by atoms with Gasteiger partial charge in [-0.25, -0.2) is 9.97 Å². The summed E-state index contributed by atoms with van der Waals surface area (Å²) in [4.78, 5) is 11.2. The van der Waals surface area contributed by atoms with E-state index in [0.29, 0.717) is 17.2 Å². The highest BCUT2D eigenvalue weighted by molar-refractivity contribution is 6.29. The van der Waals surface area contributed by atoms with Crippen LogP contribution in [0, 0.1) is 0 Å². The second-order valence-corrected chi connectivity index (χ2v) is 5.82. The molecule has 1 aromatic heterocycles. The number of hydrogen-bond donors (Lipinski definition) is 1. The first kappa shape index (κ1) is 14.5. The van der Waals surface area contributed by atoms with E-state index in [1.807, 2.05) is 6.07 Å². The Morgan fingerprint density at radius 1 is 1.47 bits per heavy atom. The Morgan fingerprint density at radius 3 is 2.95 bits per heavy atom. The van der Waals surface area contributed by atoms with E-state index in [0.717, 1.165) is 43.9 Å². The van der Waals surface area contributed by atoms with Crippen LogP contribution in [0.25, 0.3) is 0 Å². The molecule has 2 unspecified atom stereocenters. The van der Waals surface area contributed by atoms with E-state index in [2.05, 4.69) is 41.1 Å². The van der Waals surface area contributed by atoms with Crippen molar-refractivity contribution in [3.63, 3.8) is 0 Å². The van der Waals surface area contributed by atoms with Crippen LogP contribution < -0.4 is 5.32 Å². The summed E-state index contributed by atoms with van der Waals surface area (Å²) in [6.45, 7) is 5.51. The zero-order valence-corrected chi connectivity index (χ0v) is 12.7. The quantitative estimate of drug-likeness (QED) is 0.862. The maximum absolute atomic E-state index is 6.06. The Bertz CT molecular complexity index is 424. The minimum Gasteiger partial charge on any atom is -0.367 e. The molecule has 1 aliphatic heterocycles. The van der Waals surface area contributed by atoms with Gasteiger partial charge in [-0.1, -0.05) is 18.5 Å². The van der Waals surface area contributed by atoms with Crippen molar-refractivity contribution in [3.8, 4) is 0 Å². The van der Waals surface area contributed by atoms with Crippen LogP contribution in [-0.4, -0.2) is 40.5 Å². The highest BCUT2D eigenvalue weighted by atomic mass is 35.5. The lowest BCUT2D eigenvalue weighted by atomic mass is 9.99. The molecule has 0 saturated carbocycles. The van der Waals surface area contributed by atoms with Gasteiger partial charge in [0.05, 0.1) is 0 Å². The minimum absolute atomic E-state index is 0.478. The van der Waals surface area contributed by atoms with Gasteiger partial charge >= 0.3 is 0 Å². The van der Waals surface area contributed by atoms with Gasteiger partial charge in [0.2, 0.25) is 0 Å². The topological polar surface area (TPSA) is 41.1 Å². The Balaban J connectivity index is 2.02. The van der Waals surface area contributed by atoms with Crippen LogP contribution in [0.5, 0.6) is 0 Å². The van der Waals surface area contributed by atoms with E-state index < -0.39 is 0 Å². The second-order valence-electron chi connectivity index (χ2n) is 5.44. The third-order valence-corrected chi connectivity index (χ3v) is 3.97. The minimum atomic E-state index is 0.478. The standard InChI is InChI=1S/C14H23ClN4/c1-4-5-13-17-12(15)9-14(18-13)16-11-6-7-19(3)10(2)8-11/h9-11H,4-8H2,1-3H3,(H,16,17,18). The maximum Gasteiger partial charge on any atom is 0.134 e. The Labute approximate surface area is 120 Å². The van der Waals surface area contributed by atoms with Gasteiger partial charge in [-0.15, -0.1) is 0 Å². The Kier molecular flexibility index (Phi) is 4.99. The van der Waals surface area contributed by atoms with Gasteiger partial charge < -0.3 is 10.2 Å². The predicted molar refractivity (Wildman–Crippen MR) is 79.8 cm³/mol. The van der Waals surface area contributed by atoms with Gasteiger partial charge in [-0.3, -0.25) is 0 Å². The molecule has 19 heavy (non-hydrogen) atoms. The summed E-state index contributed by atoms with van der Waals surface area (Å²) in [6, 6.07) is 2.91. The third kappa shape index (κ3) is 4.05. The monoisotopic (exact) mass is 282 g/mol. The molecule has 4 nitrogen and oxygen atoms in total. The van der Waals surface area contributed by atoms with E-state index >= 15 is 0 Å². The summed E-state index contributed by atoms with van der Waals surface area (Å²) in [6.07, 6.45) is 4.19. The van der Waals surface area contributed by atoms with E-state index in [1.54, 1.807) is 0 Å². The molecule has 106 valence electrons. The maximum atomic E-state index is 6.06. The molecule has 5 heteroatoms. The lowest BCUT2D eigenvalue weighted by Crippen LogP contribution is -2.42. The highest BCUT2D eigenvalue weighted by Crippen LogP contribution is 2.20. The van der Waals surface area contributed by atoms with Gasteiger partial charge in [-0.05, 0) is 33.2 Å². The van der Waals surface area contributed by atoms with Gasteiger partial charge in [0.1, 0.15) is 16.8 Å². The van der Waals surface area contributed by atoms with Crippen molar-refractivity contribution < 1.29 is 0 Å². The molecule has 2 rings (SSSR count).